The Hall–Kier alpha value is -1.59. The molecule has 0 aliphatic carbocycles. The number of halogens is 1. The third kappa shape index (κ3) is 21.2. The van der Waals surface area contributed by atoms with Crippen molar-refractivity contribution in [2.24, 2.45) is 17.8 Å². The summed E-state index contributed by atoms with van der Waals surface area (Å²) in [5.74, 6) is -0.302. The van der Waals surface area contributed by atoms with Crippen molar-refractivity contribution in [3.63, 3.8) is 0 Å². The van der Waals surface area contributed by atoms with Gasteiger partial charge in [0.05, 0.1) is 35.7 Å². The number of aliphatic carboxylic acids is 1. The number of hydrogen-bond donors (Lipinski definition) is 5. The molecule has 9 nitrogen and oxygen atoms in total. The molecular formula is C34H60BrNO8. The second-order valence-electron chi connectivity index (χ2n) is 12.3. The van der Waals surface area contributed by atoms with Gasteiger partial charge >= 0.3 is 5.97 Å². The fourth-order valence-corrected chi connectivity index (χ4v) is 5.22. The van der Waals surface area contributed by atoms with Crippen LogP contribution < -0.4 is 5.32 Å². The number of carbonyl (C=O) groups is 3. The van der Waals surface area contributed by atoms with Gasteiger partial charge in [0.15, 0.2) is 0 Å². The molecule has 256 valence electrons. The largest absolute Gasteiger partial charge is 0.481 e. The van der Waals surface area contributed by atoms with Gasteiger partial charge in [-0.1, -0.05) is 74.7 Å². The lowest BCUT2D eigenvalue weighted by Gasteiger charge is -2.21. The Labute approximate surface area is 274 Å². The van der Waals surface area contributed by atoms with Gasteiger partial charge in [-0.2, -0.15) is 0 Å². The van der Waals surface area contributed by atoms with Crippen LogP contribution in [0.5, 0.6) is 0 Å². The van der Waals surface area contributed by atoms with Gasteiger partial charge in [0.25, 0.3) is 0 Å². The Bertz CT molecular complexity index is 864. The van der Waals surface area contributed by atoms with Crippen LogP contribution >= 0.6 is 15.9 Å². The van der Waals surface area contributed by atoms with E-state index >= 15 is 0 Å². The number of hydrogen-bond acceptors (Lipinski definition) is 7. The highest BCUT2D eigenvalue weighted by Crippen LogP contribution is 2.20. The summed E-state index contributed by atoms with van der Waals surface area (Å²) in [5, 5.41) is 42.6. The zero-order valence-electron chi connectivity index (χ0n) is 27.7. The van der Waals surface area contributed by atoms with Crippen LogP contribution in [-0.4, -0.2) is 81.5 Å². The summed E-state index contributed by atoms with van der Waals surface area (Å²) in [5.41, 5.74) is 0.975. The molecule has 0 bridgehead atoms. The normalized spacial score (nSPS) is 17.1. The second kappa shape index (κ2) is 25.6. The predicted molar refractivity (Wildman–Crippen MR) is 179 cm³/mol. The van der Waals surface area contributed by atoms with Crippen LogP contribution in [0, 0.1) is 17.8 Å². The number of alkyl halides is 1. The van der Waals surface area contributed by atoms with Crippen molar-refractivity contribution in [2.75, 3.05) is 20.3 Å². The standard InChI is InChI=1S/C34H60BrNO8/c1-6-26(14-11-17-28(37)16-9-8-12-24(3)20-25(4)34(42)43)13-10-15-27(23-44-5)18-19-31(39)32(40)21-29(38)22-36-33(41)30(35)7-2/h10,13,15,24-26,29-32,38-40H,6-9,11-12,14,16-23H2,1-5H3,(H,36,41)(H,42,43)/b13-10+,27-15-/t24-,25+,26+,29+,30?,31-,32+/m1/s1. The first kappa shape index (κ1) is 42.4. The highest BCUT2D eigenvalue weighted by molar-refractivity contribution is 9.10. The van der Waals surface area contributed by atoms with E-state index in [0.29, 0.717) is 62.8 Å². The van der Waals surface area contributed by atoms with E-state index in [-0.39, 0.29) is 29.6 Å². The van der Waals surface area contributed by atoms with E-state index in [1.165, 1.54) is 0 Å². The van der Waals surface area contributed by atoms with E-state index < -0.39 is 24.3 Å². The van der Waals surface area contributed by atoms with Crippen LogP contribution in [0.4, 0.5) is 0 Å². The number of aliphatic hydroxyl groups is 3. The van der Waals surface area contributed by atoms with Crippen LogP contribution in [0.1, 0.15) is 111 Å². The van der Waals surface area contributed by atoms with Gasteiger partial charge in [0.2, 0.25) is 5.91 Å². The molecule has 0 radical (unpaired) electrons. The minimum absolute atomic E-state index is 0.00739. The average Bonchev–Trinajstić information content (AvgIpc) is 2.98. The van der Waals surface area contributed by atoms with Crippen molar-refractivity contribution in [2.45, 2.75) is 134 Å². The maximum Gasteiger partial charge on any atom is 0.306 e. The topological polar surface area (TPSA) is 153 Å². The molecule has 0 fully saturated rings. The molecule has 5 N–H and O–H groups in total. The van der Waals surface area contributed by atoms with Crippen molar-refractivity contribution >= 4 is 33.6 Å². The third-order valence-electron chi connectivity index (χ3n) is 8.05. The molecule has 1 unspecified atom stereocenters. The van der Waals surface area contributed by atoms with Gasteiger partial charge in [0, 0.05) is 32.9 Å². The molecule has 0 aliphatic heterocycles. The Balaban J connectivity index is 4.49. The lowest BCUT2D eigenvalue weighted by molar-refractivity contribution is -0.141. The highest BCUT2D eigenvalue weighted by Gasteiger charge is 2.22. The Morgan fingerprint density at radius 2 is 1.57 bits per heavy atom. The Morgan fingerprint density at radius 1 is 0.886 bits per heavy atom. The number of carboxylic acids is 1. The monoisotopic (exact) mass is 689 g/mol. The molecule has 0 heterocycles. The molecule has 0 aromatic heterocycles. The van der Waals surface area contributed by atoms with Crippen LogP contribution in [0.15, 0.2) is 23.8 Å². The first-order chi connectivity index (χ1) is 20.8. The molecule has 10 heteroatoms. The number of ketones is 1. The first-order valence-corrected chi connectivity index (χ1v) is 17.3. The number of carboxylic acid groups (broad SMARTS) is 1. The fraction of sp³-hybridized carbons (Fsp3) is 0.794. The van der Waals surface area contributed by atoms with Gasteiger partial charge in [-0.05, 0) is 68.8 Å². The van der Waals surface area contributed by atoms with Crippen LogP contribution in [0.3, 0.4) is 0 Å². The van der Waals surface area contributed by atoms with Crippen LogP contribution in [-0.2, 0) is 19.1 Å². The summed E-state index contributed by atoms with van der Waals surface area (Å²) >= 11 is 3.25. The molecule has 7 atom stereocenters. The van der Waals surface area contributed by atoms with Crippen molar-refractivity contribution < 1.29 is 39.5 Å². The predicted octanol–water partition coefficient (Wildman–Crippen LogP) is 5.73. The van der Waals surface area contributed by atoms with Crippen molar-refractivity contribution in [3.05, 3.63) is 23.8 Å². The number of Topliss-reactive ketones (excluding diaryl/α,β-unsaturated/α-hetero) is 1. The Kier molecular flexibility index (Phi) is 24.7. The third-order valence-corrected chi connectivity index (χ3v) is 9.12. The van der Waals surface area contributed by atoms with Gasteiger partial charge in [-0.25, -0.2) is 0 Å². The van der Waals surface area contributed by atoms with E-state index in [4.69, 9.17) is 9.84 Å². The Morgan fingerprint density at radius 3 is 2.18 bits per heavy atom. The number of rotatable bonds is 27. The van der Waals surface area contributed by atoms with E-state index in [0.717, 1.165) is 44.1 Å². The number of methoxy groups -OCH3 is 1. The summed E-state index contributed by atoms with van der Waals surface area (Å²) < 4.78 is 5.31. The maximum atomic E-state index is 12.3. The number of unbranched alkanes of at least 4 members (excludes halogenated alkanes) is 1. The maximum absolute atomic E-state index is 12.3. The van der Waals surface area contributed by atoms with E-state index in [9.17, 15) is 29.7 Å². The van der Waals surface area contributed by atoms with Crippen molar-refractivity contribution in [3.8, 4) is 0 Å². The first-order valence-electron chi connectivity index (χ1n) is 16.4. The summed E-state index contributed by atoms with van der Waals surface area (Å²) in [6.07, 6.45) is 11.8. The number of ether oxygens (including phenoxy) is 1. The fourth-order valence-electron chi connectivity index (χ4n) is 5.06. The lowest BCUT2D eigenvalue weighted by atomic mass is 9.92. The van der Waals surface area contributed by atoms with Gasteiger partial charge in [-0.3, -0.25) is 14.4 Å². The van der Waals surface area contributed by atoms with Gasteiger partial charge in [0.1, 0.15) is 5.78 Å². The van der Waals surface area contributed by atoms with Crippen molar-refractivity contribution in [1.82, 2.24) is 5.32 Å². The minimum atomic E-state index is -1.12. The second-order valence-corrected chi connectivity index (χ2v) is 13.4. The summed E-state index contributed by atoms with van der Waals surface area (Å²) in [6, 6.07) is 0. The lowest BCUT2D eigenvalue weighted by Crippen LogP contribution is -2.39. The minimum Gasteiger partial charge on any atom is -0.481 e. The number of allylic oxidation sites excluding steroid dienone is 3. The molecule has 0 saturated carbocycles. The zero-order valence-corrected chi connectivity index (χ0v) is 29.3. The molecule has 0 spiro atoms. The molecule has 0 saturated heterocycles. The molecule has 0 aromatic carbocycles. The van der Waals surface area contributed by atoms with Crippen LogP contribution in [0.25, 0.3) is 0 Å². The van der Waals surface area contributed by atoms with Crippen molar-refractivity contribution in [1.29, 1.82) is 0 Å². The van der Waals surface area contributed by atoms with Gasteiger partial charge < -0.3 is 30.5 Å². The number of amides is 1. The molecular weight excluding hydrogens is 630 g/mol. The average molecular weight is 691 g/mol. The van der Waals surface area contributed by atoms with E-state index in [1.807, 2.05) is 19.1 Å². The molecule has 1 amide bonds. The summed E-state index contributed by atoms with van der Waals surface area (Å²) in [7, 11) is 1.61. The quantitative estimate of drug-likeness (QED) is 0.0416. The van der Waals surface area contributed by atoms with Gasteiger partial charge in [-0.15, -0.1) is 0 Å². The zero-order chi connectivity index (χ0) is 33.5. The molecule has 0 aromatic rings. The number of aliphatic hydroxyl groups excluding tert-OH is 3. The SMILES string of the molecule is CCC(Br)C(=O)NC[C@@H](O)C[C@H](O)[C@H](O)CC/C(=C/C=C/[C@H](CC)CCCC(=O)CCCC[C@@H](C)C[C@H](C)C(=O)O)COC. The van der Waals surface area contributed by atoms with E-state index in [1.54, 1.807) is 14.0 Å². The summed E-state index contributed by atoms with van der Waals surface area (Å²) in [6.45, 7) is 8.22. The smallest absolute Gasteiger partial charge is 0.306 e. The van der Waals surface area contributed by atoms with E-state index in [2.05, 4.69) is 41.2 Å². The number of nitrogens with one attached hydrogen (secondary N) is 1. The molecule has 44 heavy (non-hydrogen) atoms. The highest BCUT2D eigenvalue weighted by atomic mass is 79.9. The molecule has 0 rings (SSSR count). The number of carbonyl (C=O) groups excluding carboxylic acids is 2. The summed E-state index contributed by atoms with van der Waals surface area (Å²) in [4.78, 5) is 34.8. The van der Waals surface area contributed by atoms with Crippen LogP contribution in [0.2, 0.25) is 0 Å². The molecule has 0 aliphatic rings.